The van der Waals surface area contributed by atoms with Gasteiger partial charge in [-0.1, -0.05) is 12.2 Å². The molecule has 0 aromatic rings. The average molecular weight is 340 g/mol. The van der Waals surface area contributed by atoms with Gasteiger partial charge in [-0.15, -0.1) is 0 Å². The summed E-state index contributed by atoms with van der Waals surface area (Å²) in [4.78, 5) is 25.2. The number of carbonyl (C=O) groups is 2. The van der Waals surface area contributed by atoms with Crippen LogP contribution in [0.3, 0.4) is 0 Å². The minimum absolute atomic E-state index is 0.0941. The highest BCUT2D eigenvalue weighted by molar-refractivity contribution is 6.00. The van der Waals surface area contributed by atoms with E-state index in [1.54, 1.807) is 13.8 Å². The molecule has 2 aliphatic rings. The summed E-state index contributed by atoms with van der Waals surface area (Å²) in [6.45, 7) is 7.09. The van der Waals surface area contributed by atoms with Crippen molar-refractivity contribution < 1.29 is 28.5 Å². The lowest BCUT2D eigenvalue weighted by molar-refractivity contribution is -0.172. The Bertz CT molecular complexity index is 448. The topological polar surface area (TPSA) is 71.1 Å². The van der Waals surface area contributed by atoms with Crippen LogP contribution in [-0.4, -0.2) is 44.7 Å². The van der Waals surface area contributed by atoms with Gasteiger partial charge in [0.15, 0.2) is 11.7 Å². The fourth-order valence-corrected chi connectivity index (χ4v) is 3.73. The van der Waals surface area contributed by atoms with Gasteiger partial charge in [-0.2, -0.15) is 0 Å². The van der Waals surface area contributed by atoms with Crippen LogP contribution in [0.2, 0.25) is 0 Å². The first kappa shape index (κ1) is 18.9. The van der Waals surface area contributed by atoms with Gasteiger partial charge in [0.25, 0.3) is 0 Å². The number of carbonyl (C=O) groups excluding carboxylic acids is 2. The quantitative estimate of drug-likeness (QED) is 0.403. The normalized spacial score (nSPS) is 26.8. The highest BCUT2D eigenvalue weighted by Crippen LogP contribution is 2.50. The molecule has 1 aliphatic heterocycles. The van der Waals surface area contributed by atoms with Gasteiger partial charge in [0, 0.05) is 6.42 Å². The molecule has 0 radical (unpaired) electrons. The van der Waals surface area contributed by atoms with E-state index in [0.717, 1.165) is 0 Å². The van der Waals surface area contributed by atoms with Crippen molar-refractivity contribution in [2.75, 3.05) is 26.4 Å². The van der Waals surface area contributed by atoms with Crippen molar-refractivity contribution in [1.82, 2.24) is 0 Å². The molecule has 0 unspecified atom stereocenters. The molecule has 2 rings (SSSR count). The lowest BCUT2D eigenvalue weighted by atomic mass is 9.84. The Balaban J connectivity index is 2.22. The van der Waals surface area contributed by atoms with Crippen molar-refractivity contribution in [2.24, 2.45) is 17.3 Å². The lowest BCUT2D eigenvalue weighted by Crippen LogP contribution is -2.40. The zero-order valence-corrected chi connectivity index (χ0v) is 14.8. The molecule has 24 heavy (non-hydrogen) atoms. The number of hydrogen-bond donors (Lipinski definition) is 0. The number of hydrogen-bond acceptors (Lipinski definition) is 6. The Kier molecular flexibility index (Phi) is 6.80. The van der Waals surface area contributed by atoms with Crippen LogP contribution < -0.4 is 0 Å². The number of rotatable bonds is 7. The molecule has 0 aromatic carbocycles. The first-order chi connectivity index (χ1) is 11.6. The van der Waals surface area contributed by atoms with Gasteiger partial charge in [0.1, 0.15) is 0 Å². The summed E-state index contributed by atoms with van der Waals surface area (Å²) < 4.78 is 21.5. The van der Waals surface area contributed by atoms with Crippen molar-refractivity contribution in [2.45, 2.75) is 46.3 Å². The Labute approximate surface area is 143 Å². The number of esters is 2. The maximum Gasteiger partial charge on any atom is 0.323 e. The summed E-state index contributed by atoms with van der Waals surface area (Å²) in [6, 6.07) is 0. The zero-order chi connectivity index (χ0) is 17.6. The smallest absolute Gasteiger partial charge is 0.323 e. The summed E-state index contributed by atoms with van der Waals surface area (Å²) in [6.07, 6.45) is 5.23. The van der Waals surface area contributed by atoms with Gasteiger partial charge >= 0.3 is 11.9 Å². The van der Waals surface area contributed by atoms with Gasteiger partial charge in [0.05, 0.1) is 26.4 Å². The average Bonchev–Trinajstić information content (AvgIpc) is 3.18. The summed E-state index contributed by atoms with van der Waals surface area (Å²) >= 11 is 0. The largest absolute Gasteiger partial charge is 0.465 e. The predicted octanol–water partition coefficient (Wildman–Crippen LogP) is 2.46. The maximum absolute atomic E-state index is 12.6. The van der Waals surface area contributed by atoms with Crippen LogP contribution in [0.15, 0.2) is 12.2 Å². The molecule has 6 heteroatoms. The lowest BCUT2D eigenvalue weighted by Gasteiger charge is -2.24. The van der Waals surface area contributed by atoms with Crippen LogP contribution in [-0.2, 0) is 28.5 Å². The number of ether oxygens (including phenoxy) is 4. The first-order valence-corrected chi connectivity index (χ1v) is 8.77. The summed E-state index contributed by atoms with van der Waals surface area (Å²) in [5, 5.41) is 0. The Morgan fingerprint density at radius 1 is 1.08 bits per heavy atom. The third kappa shape index (κ3) is 3.98. The van der Waals surface area contributed by atoms with Crippen LogP contribution in [0.5, 0.6) is 0 Å². The van der Waals surface area contributed by atoms with Gasteiger partial charge in [-0.3, -0.25) is 9.59 Å². The van der Waals surface area contributed by atoms with E-state index < -0.39 is 17.4 Å². The second kappa shape index (κ2) is 8.62. The summed E-state index contributed by atoms with van der Waals surface area (Å²) in [7, 11) is 0. The number of allylic oxidation sites excluding steroid dienone is 2. The second-order valence-electron chi connectivity index (χ2n) is 6.29. The van der Waals surface area contributed by atoms with Crippen LogP contribution in [0.25, 0.3) is 0 Å². The first-order valence-electron chi connectivity index (χ1n) is 8.77. The van der Waals surface area contributed by atoms with E-state index in [1.807, 2.05) is 13.0 Å². The monoisotopic (exact) mass is 340 g/mol. The Hall–Kier alpha value is -1.40. The van der Waals surface area contributed by atoms with E-state index in [4.69, 9.17) is 18.9 Å². The van der Waals surface area contributed by atoms with Gasteiger partial charge in [-0.05, 0) is 45.4 Å². The molecule has 0 N–H and O–H groups in total. The molecule has 0 spiro atoms. The molecule has 0 bridgehead atoms. The predicted molar refractivity (Wildman–Crippen MR) is 87.0 cm³/mol. The van der Waals surface area contributed by atoms with E-state index in [0.29, 0.717) is 32.5 Å². The minimum atomic E-state index is -1.22. The highest BCUT2D eigenvalue weighted by Gasteiger charge is 2.57. The van der Waals surface area contributed by atoms with Gasteiger partial charge in [0.2, 0.25) is 0 Å². The maximum atomic E-state index is 12.6. The SMILES string of the molecule is C/C=C\[C@@H]1CC(C(=O)OCC)(C(=O)OCC)C[C@H]1CC1OCCO1. The second-order valence-corrected chi connectivity index (χ2v) is 6.29. The van der Waals surface area contributed by atoms with E-state index in [-0.39, 0.29) is 31.3 Å². The molecule has 2 fully saturated rings. The van der Waals surface area contributed by atoms with Crippen molar-refractivity contribution in [1.29, 1.82) is 0 Å². The third-order valence-electron chi connectivity index (χ3n) is 4.76. The van der Waals surface area contributed by atoms with Crippen LogP contribution in [0.4, 0.5) is 0 Å². The van der Waals surface area contributed by atoms with E-state index in [9.17, 15) is 9.59 Å². The third-order valence-corrected chi connectivity index (χ3v) is 4.76. The Morgan fingerprint density at radius 2 is 1.67 bits per heavy atom. The standard InChI is InChI=1S/C18H28O6/c1-4-7-13-11-18(16(19)21-5-2,17(20)22-6-3)12-14(13)10-15-23-8-9-24-15/h4,7,13-15H,5-6,8-12H2,1-3H3/b7-4-/t13-,14-/m1/s1. The van der Waals surface area contributed by atoms with E-state index in [1.165, 1.54) is 0 Å². The highest BCUT2D eigenvalue weighted by atomic mass is 16.7. The molecule has 1 aliphatic carbocycles. The molecule has 2 atom stereocenters. The fraction of sp³-hybridized carbons (Fsp3) is 0.778. The summed E-state index contributed by atoms with van der Waals surface area (Å²) in [5.41, 5.74) is -1.22. The molecule has 0 amide bonds. The van der Waals surface area contributed by atoms with Gasteiger partial charge in [-0.25, -0.2) is 0 Å². The molecule has 136 valence electrons. The van der Waals surface area contributed by atoms with Crippen LogP contribution >= 0.6 is 0 Å². The zero-order valence-electron chi connectivity index (χ0n) is 14.8. The van der Waals surface area contributed by atoms with Crippen molar-refractivity contribution in [3.8, 4) is 0 Å². The molecular weight excluding hydrogens is 312 g/mol. The van der Waals surface area contributed by atoms with E-state index in [2.05, 4.69) is 6.08 Å². The molecule has 1 saturated carbocycles. The minimum Gasteiger partial charge on any atom is -0.465 e. The fourth-order valence-electron chi connectivity index (χ4n) is 3.73. The molecule has 6 nitrogen and oxygen atoms in total. The van der Waals surface area contributed by atoms with Gasteiger partial charge < -0.3 is 18.9 Å². The molecule has 1 saturated heterocycles. The molecule has 1 heterocycles. The molecule has 0 aromatic heterocycles. The van der Waals surface area contributed by atoms with E-state index >= 15 is 0 Å². The summed E-state index contributed by atoms with van der Waals surface area (Å²) in [5.74, 6) is -0.753. The van der Waals surface area contributed by atoms with Crippen LogP contribution in [0, 0.1) is 17.3 Å². The van der Waals surface area contributed by atoms with Crippen molar-refractivity contribution >= 4 is 11.9 Å². The van der Waals surface area contributed by atoms with Crippen LogP contribution in [0.1, 0.15) is 40.0 Å². The van der Waals surface area contributed by atoms with Crippen molar-refractivity contribution in [3.63, 3.8) is 0 Å². The molecular formula is C18H28O6. The Morgan fingerprint density at radius 3 is 2.17 bits per heavy atom. The van der Waals surface area contributed by atoms with Crippen molar-refractivity contribution in [3.05, 3.63) is 12.2 Å².